The number of fused-ring (bicyclic) bond motifs is 11. The van der Waals surface area contributed by atoms with Gasteiger partial charge in [0.2, 0.25) is 0 Å². The van der Waals surface area contributed by atoms with Gasteiger partial charge in [0.25, 0.3) is 0 Å². The second-order valence-corrected chi connectivity index (χ2v) is 14.7. The van der Waals surface area contributed by atoms with E-state index in [0.717, 1.165) is 64.4 Å². The summed E-state index contributed by atoms with van der Waals surface area (Å²) in [5, 5.41) is 57.7. The lowest BCUT2D eigenvalue weighted by Gasteiger charge is -2.40. The first-order valence-electron chi connectivity index (χ1n) is 17.9. The summed E-state index contributed by atoms with van der Waals surface area (Å²) in [6.07, 6.45) is 26.7. The zero-order chi connectivity index (χ0) is 33.9. The van der Waals surface area contributed by atoms with Crippen molar-refractivity contribution in [2.45, 2.75) is 49.7 Å². The van der Waals surface area contributed by atoms with E-state index < -0.39 is 29.5 Å². The second kappa shape index (κ2) is 10.7. The number of hydrogen-bond donors (Lipinski definition) is 5. The molecule has 0 saturated heterocycles. The molecule has 1 saturated carbocycles. The number of aliphatic hydroxyl groups is 5. The number of rotatable bonds is 2. The fourth-order valence-electron chi connectivity index (χ4n) is 10.6. The first-order valence-corrected chi connectivity index (χ1v) is 17.9. The molecular weight excluding hydrogens is 620 g/mol. The van der Waals surface area contributed by atoms with Gasteiger partial charge in [-0.25, -0.2) is 0 Å². The van der Waals surface area contributed by atoms with Gasteiger partial charge in [0, 0.05) is 22.8 Å². The van der Waals surface area contributed by atoms with Gasteiger partial charge in [-0.3, -0.25) is 0 Å². The molecule has 5 N–H and O–H groups in total. The van der Waals surface area contributed by atoms with Crippen molar-refractivity contribution in [3.8, 4) is 11.1 Å². The molecule has 6 atom stereocenters. The Balaban J connectivity index is 1.27. The molecule has 0 aliphatic heterocycles. The maximum absolute atomic E-state index is 11.3. The van der Waals surface area contributed by atoms with Gasteiger partial charge in [0.1, 0.15) is 12.2 Å². The molecule has 50 heavy (non-hydrogen) atoms. The molecule has 0 aromatic heterocycles. The molecule has 6 unspecified atom stereocenters. The monoisotopic (exact) mass is 658 g/mol. The fourth-order valence-corrected chi connectivity index (χ4v) is 10.6. The zero-order valence-electron chi connectivity index (χ0n) is 27.6. The first kappa shape index (κ1) is 29.8. The third kappa shape index (κ3) is 3.69. The number of benzene rings is 3. The minimum Gasteiger partial charge on any atom is -0.506 e. The fraction of sp³-hybridized carbons (Fsp3) is 0.244. The third-order valence-electron chi connectivity index (χ3n) is 12.5. The van der Waals surface area contributed by atoms with Crippen LogP contribution >= 0.6 is 0 Å². The Kier molecular flexibility index (Phi) is 6.37. The zero-order valence-corrected chi connectivity index (χ0v) is 27.6. The van der Waals surface area contributed by atoms with Crippen molar-refractivity contribution in [2.75, 3.05) is 0 Å². The summed E-state index contributed by atoms with van der Waals surface area (Å²) in [6, 6.07) is 15.1. The quantitative estimate of drug-likeness (QED) is 0.197. The van der Waals surface area contributed by atoms with Gasteiger partial charge in [0.05, 0.1) is 0 Å². The van der Waals surface area contributed by atoms with E-state index in [4.69, 9.17) is 0 Å². The summed E-state index contributed by atoms with van der Waals surface area (Å²) in [5.41, 5.74) is 9.87. The molecular formula is C45H38O5. The van der Waals surface area contributed by atoms with Crippen LogP contribution in [0.1, 0.15) is 48.8 Å². The Hall–Kier alpha value is -5.10. The van der Waals surface area contributed by atoms with Crippen LogP contribution in [0.15, 0.2) is 126 Å². The molecule has 248 valence electrons. The summed E-state index contributed by atoms with van der Waals surface area (Å²) in [4.78, 5) is 0. The molecule has 5 heteroatoms. The lowest BCUT2D eigenvalue weighted by molar-refractivity contribution is 0.0373. The summed E-state index contributed by atoms with van der Waals surface area (Å²) in [7, 11) is 0. The van der Waals surface area contributed by atoms with Crippen LogP contribution in [0, 0.1) is 17.8 Å². The summed E-state index contributed by atoms with van der Waals surface area (Å²) < 4.78 is 0. The summed E-state index contributed by atoms with van der Waals surface area (Å²) >= 11 is 0. The van der Waals surface area contributed by atoms with E-state index in [1.165, 1.54) is 27.8 Å². The van der Waals surface area contributed by atoms with E-state index in [1.54, 1.807) is 0 Å². The van der Waals surface area contributed by atoms with Crippen molar-refractivity contribution in [1.82, 2.24) is 0 Å². The SMILES string of the molecule is OC1=C(O)C(O)C(O)C(c2c3c(c(-c4ccc5c(c4)C4(C6=C5CCC=C6)C5CC=CC=C5C5C=CC=CC54)c4ccccc24)=CCCC=3)=C1O. The van der Waals surface area contributed by atoms with Crippen LogP contribution in [0.5, 0.6) is 0 Å². The first-order chi connectivity index (χ1) is 24.4. The molecule has 5 nitrogen and oxygen atoms in total. The molecule has 1 spiro atoms. The third-order valence-corrected chi connectivity index (χ3v) is 12.5. The highest BCUT2D eigenvalue weighted by atomic mass is 16.4. The number of hydrogen-bond acceptors (Lipinski definition) is 5. The van der Waals surface area contributed by atoms with E-state index in [2.05, 4.69) is 91.1 Å². The topological polar surface area (TPSA) is 101 Å². The Morgan fingerprint density at radius 2 is 1.50 bits per heavy atom. The molecule has 1 fully saturated rings. The Morgan fingerprint density at radius 3 is 2.32 bits per heavy atom. The van der Waals surface area contributed by atoms with Crippen molar-refractivity contribution in [2.24, 2.45) is 17.8 Å². The Bertz CT molecular complexity index is 2450. The average molecular weight is 659 g/mol. The van der Waals surface area contributed by atoms with E-state index in [9.17, 15) is 25.5 Å². The largest absolute Gasteiger partial charge is 0.506 e. The van der Waals surface area contributed by atoms with Crippen molar-refractivity contribution in [3.05, 3.63) is 153 Å². The van der Waals surface area contributed by atoms with Crippen molar-refractivity contribution in [3.63, 3.8) is 0 Å². The van der Waals surface area contributed by atoms with E-state index in [-0.39, 0.29) is 11.0 Å². The smallest absolute Gasteiger partial charge is 0.199 e. The number of allylic oxidation sites excluding steroid dienone is 12. The van der Waals surface area contributed by atoms with Gasteiger partial charge >= 0.3 is 0 Å². The average Bonchev–Trinajstić information content (AvgIpc) is 3.63. The van der Waals surface area contributed by atoms with Crippen LogP contribution in [0.4, 0.5) is 0 Å². The minimum absolute atomic E-state index is 0.00808. The van der Waals surface area contributed by atoms with Crippen LogP contribution < -0.4 is 10.4 Å². The molecule has 0 bridgehead atoms. The van der Waals surface area contributed by atoms with Crippen LogP contribution in [-0.4, -0.2) is 37.7 Å². The predicted octanol–water partition coefficient (Wildman–Crippen LogP) is 7.42. The molecule has 7 aliphatic carbocycles. The minimum atomic E-state index is -1.77. The van der Waals surface area contributed by atoms with Crippen molar-refractivity contribution >= 4 is 34.1 Å². The Morgan fingerprint density at radius 1 is 0.740 bits per heavy atom. The van der Waals surface area contributed by atoms with Gasteiger partial charge in [-0.2, -0.15) is 0 Å². The standard InChI is InChI=1S/C45H38O5/c46-40-39(41(47)43(49)44(50)42(40)48)38-31-16-3-1-14-29(31)37(30-15-2-4-17-32(30)38)24-21-22-28-27-13-7-10-20-35(27)45(36(28)23-24)33-18-8-5-11-25(33)26-12-6-9-19-34(26)45/h1,3,5-6,8-12,14-18,20-23,25,33-34,40,42,46-50H,2,4,7,13,19H2. The normalized spacial score (nSPS) is 30.2. The highest BCUT2D eigenvalue weighted by Crippen LogP contribution is 2.68. The van der Waals surface area contributed by atoms with Gasteiger partial charge in [-0.15, -0.1) is 0 Å². The summed E-state index contributed by atoms with van der Waals surface area (Å²) in [5.74, 6) is -1.26. The van der Waals surface area contributed by atoms with E-state index in [1.807, 2.05) is 18.2 Å². The van der Waals surface area contributed by atoms with E-state index in [0.29, 0.717) is 23.3 Å². The highest BCUT2D eigenvalue weighted by molar-refractivity contribution is 6.05. The second-order valence-electron chi connectivity index (χ2n) is 14.7. The molecule has 10 rings (SSSR count). The van der Waals surface area contributed by atoms with Crippen LogP contribution in [0.25, 0.3) is 45.2 Å². The predicted molar refractivity (Wildman–Crippen MR) is 198 cm³/mol. The number of aliphatic hydroxyl groups excluding tert-OH is 5. The van der Waals surface area contributed by atoms with Crippen molar-refractivity contribution in [1.29, 1.82) is 0 Å². The van der Waals surface area contributed by atoms with E-state index >= 15 is 0 Å². The molecule has 0 amide bonds. The van der Waals surface area contributed by atoms with Gasteiger partial charge in [0.15, 0.2) is 17.3 Å². The molecule has 0 radical (unpaired) electrons. The lowest BCUT2D eigenvalue weighted by atomic mass is 9.61. The Labute approximate surface area is 290 Å². The van der Waals surface area contributed by atoms with Gasteiger partial charge in [-0.1, -0.05) is 109 Å². The lowest BCUT2D eigenvalue weighted by Crippen LogP contribution is -2.39. The van der Waals surface area contributed by atoms with Gasteiger partial charge in [-0.05, 0) is 104 Å². The molecule has 3 aromatic rings. The van der Waals surface area contributed by atoms with Crippen LogP contribution in [0.2, 0.25) is 0 Å². The maximum atomic E-state index is 11.3. The molecule has 0 heterocycles. The summed E-state index contributed by atoms with van der Waals surface area (Å²) in [6.45, 7) is 0. The highest BCUT2D eigenvalue weighted by Gasteiger charge is 2.61. The maximum Gasteiger partial charge on any atom is 0.199 e. The van der Waals surface area contributed by atoms with Crippen LogP contribution in [-0.2, 0) is 5.41 Å². The van der Waals surface area contributed by atoms with Crippen molar-refractivity contribution < 1.29 is 25.5 Å². The molecule has 7 aliphatic rings. The van der Waals surface area contributed by atoms with Crippen LogP contribution in [0.3, 0.4) is 0 Å². The molecule has 3 aromatic carbocycles. The van der Waals surface area contributed by atoms with Gasteiger partial charge < -0.3 is 25.5 Å².